The van der Waals surface area contributed by atoms with Gasteiger partial charge in [0.2, 0.25) is 5.91 Å². The first-order valence-corrected chi connectivity index (χ1v) is 10.4. The van der Waals surface area contributed by atoms with Crippen molar-refractivity contribution in [3.05, 3.63) is 29.8 Å². The third kappa shape index (κ3) is 4.84. The first-order valence-electron chi connectivity index (χ1n) is 8.74. The molecule has 2 amide bonds. The summed E-state index contributed by atoms with van der Waals surface area (Å²) < 4.78 is 30.3. The number of aryl methyl sites for hydroxylation is 1. The van der Waals surface area contributed by atoms with E-state index in [-0.39, 0.29) is 35.4 Å². The Morgan fingerprint density at radius 2 is 1.81 bits per heavy atom. The molecule has 0 saturated carbocycles. The molecule has 2 rings (SSSR count). The molecule has 1 aromatic rings. The van der Waals surface area contributed by atoms with Gasteiger partial charge in [0.1, 0.15) is 5.60 Å². The van der Waals surface area contributed by atoms with Gasteiger partial charge in [-0.25, -0.2) is 18.1 Å². The Morgan fingerprint density at radius 1 is 1.23 bits per heavy atom. The summed E-state index contributed by atoms with van der Waals surface area (Å²) >= 11 is 0. The fraction of sp³-hybridized carbons (Fsp3) is 0.579. The number of carbonyl (C=O) groups excluding carboxylic acids is 2. The molecule has 0 bridgehead atoms. The van der Waals surface area contributed by atoms with Crippen LogP contribution in [0.2, 0.25) is 0 Å². The molecule has 0 aliphatic carbocycles. The molecule has 144 valence electrons. The van der Waals surface area contributed by atoms with Gasteiger partial charge in [-0.05, 0) is 52.2 Å². The largest absolute Gasteiger partial charge is 0.443 e. The zero-order valence-electron chi connectivity index (χ0n) is 16.0. The van der Waals surface area contributed by atoms with Crippen molar-refractivity contribution in [2.45, 2.75) is 51.5 Å². The van der Waals surface area contributed by atoms with Crippen molar-refractivity contribution in [3.63, 3.8) is 0 Å². The van der Waals surface area contributed by atoms with Crippen molar-refractivity contribution in [1.29, 1.82) is 0 Å². The highest BCUT2D eigenvalue weighted by atomic mass is 32.2. The number of nitrogens with zero attached hydrogens (tertiary/aromatic N) is 1. The van der Waals surface area contributed by atoms with Crippen LogP contribution in [0.5, 0.6) is 0 Å². The van der Waals surface area contributed by atoms with Crippen LogP contribution in [0.15, 0.2) is 29.2 Å². The van der Waals surface area contributed by atoms with Crippen LogP contribution >= 0.6 is 0 Å². The minimum Gasteiger partial charge on any atom is -0.443 e. The second kappa shape index (κ2) is 7.39. The molecule has 1 aromatic carbocycles. The molecule has 2 atom stereocenters. The van der Waals surface area contributed by atoms with Crippen LogP contribution < -0.4 is 0 Å². The zero-order chi connectivity index (χ0) is 19.7. The summed E-state index contributed by atoms with van der Waals surface area (Å²) in [7, 11) is -3.46. The first-order chi connectivity index (χ1) is 11.9. The second-order valence-corrected chi connectivity index (χ2v) is 10.0. The number of hydrogen-bond acceptors (Lipinski definition) is 5. The molecular weight excluding hydrogens is 354 g/mol. The van der Waals surface area contributed by atoms with E-state index in [1.54, 1.807) is 45.0 Å². The topological polar surface area (TPSA) is 80.8 Å². The van der Waals surface area contributed by atoms with E-state index < -0.39 is 27.4 Å². The average molecular weight is 381 g/mol. The summed E-state index contributed by atoms with van der Waals surface area (Å²) in [6.45, 7) is 9.20. The smallest absolute Gasteiger partial charge is 0.417 e. The molecule has 1 aliphatic heterocycles. The average Bonchev–Trinajstić information content (AvgIpc) is 2.79. The molecule has 1 fully saturated rings. The van der Waals surface area contributed by atoms with Gasteiger partial charge < -0.3 is 4.74 Å². The Hall–Kier alpha value is -1.89. The third-order valence-corrected chi connectivity index (χ3v) is 6.20. The van der Waals surface area contributed by atoms with Crippen LogP contribution in [0, 0.1) is 18.8 Å². The number of ether oxygens (including phenoxy) is 1. The SMILES string of the molecule is Cc1ccc(S(=O)(=O)CCC2C(=O)N(C(=O)OC(C)(C)C)CC2C)cc1. The maximum atomic E-state index is 12.6. The van der Waals surface area contributed by atoms with E-state index in [2.05, 4.69) is 0 Å². The maximum Gasteiger partial charge on any atom is 0.417 e. The monoisotopic (exact) mass is 381 g/mol. The van der Waals surface area contributed by atoms with Crippen LogP contribution in [-0.2, 0) is 19.4 Å². The number of likely N-dealkylation sites (tertiary alicyclic amines) is 1. The number of imide groups is 1. The lowest BCUT2D eigenvalue weighted by Crippen LogP contribution is -2.38. The Balaban J connectivity index is 2.04. The van der Waals surface area contributed by atoms with E-state index in [4.69, 9.17) is 4.74 Å². The number of amides is 2. The number of sulfone groups is 1. The minimum atomic E-state index is -3.46. The van der Waals surface area contributed by atoms with Crippen LogP contribution in [-0.4, -0.2) is 43.2 Å². The minimum absolute atomic E-state index is 0.108. The van der Waals surface area contributed by atoms with E-state index in [1.807, 2.05) is 13.8 Å². The van der Waals surface area contributed by atoms with E-state index >= 15 is 0 Å². The Morgan fingerprint density at radius 3 is 2.35 bits per heavy atom. The van der Waals surface area contributed by atoms with Gasteiger partial charge in [0.25, 0.3) is 0 Å². The van der Waals surface area contributed by atoms with E-state index in [0.29, 0.717) is 0 Å². The molecule has 1 aliphatic rings. The highest BCUT2D eigenvalue weighted by molar-refractivity contribution is 7.91. The fourth-order valence-corrected chi connectivity index (χ4v) is 4.33. The lowest BCUT2D eigenvalue weighted by atomic mass is 9.95. The van der Waals surface area contributed by atoms with Gasteiger partial charge in [-0.1, -0.05) is 24.6 Å². The van der Waals surface area contributed by atoms with Gasteiger partial charge in [0.15, 0.2) is 9.84 Å². The van der Waals surface area contributed by atoms with Crippen LogP contribution in [0.3, 0.4) is 0 Å². The van der Waals surface area contributed by atoms with Crippen molar-refractivity contribution in [1.82, 2.24) is 4.90 Å². The Kier molecular flexibility index (Phi) is 5.80. The van der Waals surface area contributed by atoms with Gasteiger partial charge >= 0.3 is 6.09 Å². The molecule has 0 radical (unpaired) electrons. The van der Waals surface area contributed by atoms with E-state index in [9.17, 15) is 18.0 Å². The molecule has 7 heteroatoms. The lowest BCUT2D eigenvalue weighted by molar-refractivity contribution is -0.130. The Bertz CT molecular complexity index is 777. The summed E-state index contributed by atoms with van der Waals surface area (Å²) in [6.07, 6.45) is -0.478. The Labute approximate surface area is 155 Å². The van der Waals surface area contributed by atoms with Crippen molar-refractivity contribution in [3.8, 4) is 0 Å². The standard InChI is InChI=1S/C19H27NO5S/c1-13-6-8-15(9-7-13)26(23,24)11-10-16-14(2)12-20(17(16)21)18(22)25-19(3,4)5/h6-9,14,16H,10-12H2,1-5H3. The van der Waals surface area contributed by atoms with E-state index in [0.717, 1.165) is 10.5 Å². The normalized spacial score (nSPS) is 21.1. The second-order valence-electron chi connectivity index (χ2n) is 7.93. The summed E-state index contributed by atoms with van der Waals surface area (Å²) in [4.78, 5) is 26.1. The number of hydrogen-bond donors (Lipinski definition) is 0. The maximum absolute atomic E-state index is 12.6. The molecule has 1 saturated heterocycles. The zero-order valence-corrected chi connectivity index (χ0v) is 16.8. The van der Waals surface area contributed by atoms with Crippen molar-refractivity contribution in [2.75, 3.05) is 12.3 Å². The molecular formula is C19H27NO5S. The molecule has 1 heterocycles. The first kappa shape index (κ1) is 20.4. The quantitative estimate of drug-likeness (QED) is 0.800. The van der Waals surface area contributed by atoms with Gasteiger partial charge in [0, 0.05) is 12.5 Å². The number of carbonyl (C=O) groups is 2. The lowest BCUT2D eigenvalue weighted by Gasteiger charge is -2.23. The van der Waals surface area contributed by atoms with Crippen molar-refractivity contribution >= 4 is 21.8 Å². The molecule has 2 unspecified atom stereocenters. The predicted octanol–water partition coefficient (Wildman–Crippen LogP) is 3.19. The number of rotatable bonds is 4. The molecule has 26 heavy (non-hydrogen) atoms. The van der Waals surface area contributed by atoms with Gasteiger partial charge in [0.05, 0.1) is 10.6 Å². The molecule has 0 spiro atoms. The summed E-state index contributed by atoms with van der Waals surface area (Å²) in [5, 5.41) is 0. The number of benzene rings is 1. The van der Waals surface area contributed by atoms with Crippen LogP contribution in [0.1, 0.15) is 39.7 Å². The highest BCUT2D eigenvalue weighted by Gasteiger charge is 2.42. The summed E-state index contributed by atoms with van der Waals surface area (Å²) in [5.41, 5.74) is 0.296. The van der Waals surface area contributed by atoms with E-state index in [1.165, 1.54) is 0 Å². The summed E-state index contributed by atoms with van der Waals surface area (Å²) in [5.74, 6) is -1.09. The predicted molar refractivity (Wildman–Crippen MR) is 98.4 cm³/mol. The van der Waals surface area contributed by atoms with Crippen LogP contribution in [0.25, 0.3) is 0 Å². The molecule has 0 N–H and O–H groups in total. The van der Waals surface area contributed by atoms with Crippen molar-refractivity contribution in [2.24, 2.45) is 11.8 Å². The van der Waals surface area contributed by atoms with Gasteiger partial charge in [-0.3, -0.25) is 4.79 Å². The third-order valence-electron chi connectivity index (χ3n) is 4.43. The molecule has 6 nitrogen and oxygen atoms in total. The molecule has 0 aromatic heterocycles. The van der Waals surface area contributed by atoms with Gasteiger partial charge in [-0.15, -0.1) is 0 Å². The highest BCUT2D eigenvalue weighted by Crippen LogP contribution is 2.30. The fourth-order valence-electron chi connectivity index (χ4n) is 2.98. The van der Waals surface area contributed by atoms with Crippen molar-refractivity contribution < 1.29 is 22.7 Å². The van der Waals surface area contributed by atoms with Gasteiger partial charge in [-0.2, -0.15) is 0 Å². The summed E-state index contributed by atoms with van der Waals surface area (Å²) in [6, 6.07) is 6.66. The van der Waals surface area contributed by atoms with Crippen LogP contribution in [0.4, 0.5) is 4.79 Å².